The van der Waals surface area contributed by atoms with Crippen molar-refractivity contribution < 1.29 is 9.59 Å². The van der Waals surface area contributed by atoms with E-state index in [9.17, 15) is 9.59 Å². The van der Waals surface area contributed by atoms with Gasteiger partial charge in [0, 0.05) is 26.2 Å². The van der Waals surface area contributed by atoms with Crippen LogP contribution in [0.1, 0.15) is 57.8 Å². The van der Waals surface area contributed by atoms with Crippen LogP contribution in [0.4, 0.5) is 4.79 Å². The summed E-state index contributed by atoms with van der Waals surface area (Å²) in [7, 11) is 0. The molecule has 3 fully saturated rings. The summed E-state index contributed by atoms with van der Waals surface area (Å²) in [6, 6.07) is -0.0178. The lowest BCUT2D eigenvalue weighted by Gasteiger charge is -2.33. The van der Waals surface area contributed by atoms with Crippen molar-refractivity contribution in [1.29, 1.82) is 0 Å². The van der Waals surface area contributed by atoms with Gasteiger partial charge in [0.2, 0.25) is 5.91 Å². The van der Waals surface area contributed by atoms with Gasteiger partial charge in [0.25, 0.3) is 0 Å². The third kappa shape index (κ3) is 4.02. The van der Waals surface area contributed by atoms with Crippen LogP contribution in [0.3, 0.4) is 0 Å². The summed E-state index contributed by atoms with van der Waals surface area (Å²) in [5.74, 6) is -0.216. The first-order chi connectivity index (χ1) is 11.6. The molecular weight excluding hydrogens is 304 g/mol. The van der Waals surface area contributed by atoms with Crippen LogP contribution >= 0.6 is 0 Å². The molecule has 1 saturated carbocycles. The molecule has 0 aromatic rings. The molecule has 2 heterocycles. The van der Waals surface area contributed by atoms with Gasteiger partial charge in [-0.15, -0.1) is 0 Å². The molecule has 1 atom stereocenters. The summed E-state index contributed by atoms with van der Waals surface area (Å²) in [5.41, 5.74) is 5.85. The third-order valence-electron chi connectivity index (χ3n) is 6.23. The second-order valence-corrected chi connectivity index (χ2v) is 7.91. The molecule has 1 spiro atoms. The summed E-state index contributed by atoms with van der Waals surface area (Å²) >= 11 is 0. The molecule has 0 unspecified atom stereocenters. The minimum Gasteiger partial charge on any atom is -0.368 e. The largest absolute Gasteiger partial charge is 0.368 e. The first kappa shape index (κ1) is 17.5. The molecule has 0 radical (unpaired) electrons. The molecule has 2 saturated heterocycles. The van der Waals surface area contributed by atoms with Crippen molar-refractivity contribution >= 4 is 11.9 Å². The van der Waals surface area contributed by atoms with E-state index >= 15 is 0 Å². The fourth-order valence-corrected chi connectivity index (χ4v) is 4.82. The molecule has 2 aliphatic heterocycles. The van der Waals surface area contributed by atoms with Crippen LogP contribution in [0.25, 0.3) is 0 Å². The number of nitrogens with two attached hydrogens (primary N) is 1. The van der Waals surface area contributed by atoms with Gasteiger partial charge < -0.3 is 16.0 Å². The fraction of sp³-hybridized carbons (Fsp3) is 0.889. The Morgan fingerprint density at radius 2 is 1.88 bits per heavy atom. The maximum atomic E-state index is 12.4. The van der Waals surface area contributed by atoms with E-state index in [1.165, 1.54) is 38.5 Å². The summed E-state index contributed by atoms with van der Waals surface area (Å²) in [4.78, 5) is 27.9. The average molecular weight is 336 g/mol. The van der Waals surface area contributed by atoms with E-state index < -0.39 is 0 Å². The van der Waals surface area contributed by atoms with Gasteiger partial charge >= 0.3 is 6.03 Å². The van der Waals surface area contributed by atoms with Gasteiger partial charge in [0.05, 0.1) is 6.04 Å². The Morgan fingerprint density at radius 3 is 2.62 bits per heavy atom. The van der Waals surface area contributed by atoms with Crippen molar-refractivity contribution in [2.24, 2.45) is 11.1 Å². The number of carbonyl (C=O) groups excluding carboxylic acids is 2. The van der Waals surface area contributed by atoms with Crippen molar-refractivity contribution in [2.75, 3.05) is 32.7 Å². The Bertz CT molecular complexity index is 462. The molecule has 3 aliphatic rings. The average Bonchev–Trinajstić information content (AvgIpc) is 3.20. The highest BCUT2D eigenvalue weighted by Gasteiger charge is 2.40. The number of hydrogen-bond acceptors (Lipinski definition) is 3. The van der Waals surface area contributed by atoms with Gasteiger partial charge in [0.1, 0.15) is 0 Å². The van der Waals surface area contributed by atoms with E-state index in [0.717, 1.165) is 45.4 Å². The quantitative estimate of drug-likeness (QED) is 0.750. The fourth-order valence-electron chi connectivity index (χ4n) is 4.82. The highest BCUT2D eigenvalue weighted by molar-refractivity contribution is 5.80. The Labute approximate surface area is 145 Å². The second-order valence-electron chi connectivity index (χ2n) is 7.91. The second kappa shape index (κ2) is 7.72. The highest BCUT2D eigenvalue weighted by Crippen LogP contribution is 2.43. The Balaban J connectivity index is 1.35. The monoisotopic (exact) mass is 336 g/mol. The van der Waals surface area contributed by atoms with Crippen LogP contribution in [0.15, 0.2) is 0 Å². The van der Waals surface area contributed by atoms with Gasteiger partial charge in [-0.1, -0.05) is 19.3 Å². The number of urea groups is 1. The van der Waals surface area contributed by atoms with E-state index in [1.807, 2.05) is 4.90 Å². The van der Waals surface area contributed by atoms with Crippen LogP contribution in [-0.2, 0) is 4.79 Å². The van der Waals surface area contributed by atoms with Gasteiger partial charge in [-0.2, -0.15) is 0 Å². The Hall–Kier alpha value is -1.30. The molecule has 0 aromatic carbocycles. The SMILES string of the molecule is NC(=O)[C@H]1CCCN1CCCNC(=O)N1CCC2(CCCCC2)C1. The number of amides is 3. The number of nitrogens with zero attached hydrogens (tertiary/aromatic N) is 2. The van der Waals surface area contributed by atoms with Gasteiger partial charge in [-0.25, -0.2) is 4.79 Å². The molecule has 0 bridgehead atoms. The highest BCUT2D eigenvalue weighted by atomic mass is 16.2. The van der Waals surface area contributed by atoms with Crippen molar-refractivity contribution in [1.82, 2.24) is 15.1 Å². The van der Waals surface area contributed by atoms with E-state index in [4.69, 9.17) is 5.73 Å². The third-order valence-corrected chi connectivity index (χ3v) is 6.23. The predicted octanol–water partition coefficient (Wildman–Crippen LogP) is 1.69. The topological polar surface area (TPSA) is 78.7 Å². The van der Waals surface area contributed by atoms with Crippen molar-refractivity contribution in [3.05, 3.63) is 0 Å². The smallest absolute Gasteiger partial charge is 0.317 e. The summed E-state index contributed by atoms with van der Waals surface area (Å²) in [6.45, 7) is 4.29. The van der Waals surface area contributed by atoms with Crippen LogP contribution < -0.4 is 11.1 Å². The molecule has 6 nitrogen and oxygen atoms in total. The Morgan fingerprint density at radius 1 is 1.08 bits per heavy atom. The molecule has 0 aromatic heterocycles. The zero-order valence-electron chi connectivity index (χ0n) is 14.8. The van der Waals surface area contributed by atoms with E-state index in [1.54, 1.807) is 0 Å². The normalized spacial score (nSPS) is 26.8. The van der Waals surface area contributed by atoms with Crippen LogP contribution in [-0.4, -0.2) is 60.5 Å². The molecule has 1 aliphatic carbocycles. The molecule has 24 heavy (non-hydrogen) atoms. The van der Waals surface area contributed by atoms with E-state index in [-0.39, 0.29) is 18.0 Å². The molecule has 3 rings (SSSR count). The maximum absolute atomic E-state index is 12.4. The number of likely N-dealkylation sites (tertiary alicyclic amines) is 2. The van der Waals surface area contributed by atoms with Gasteiger partial charge in [-0.05, 0) is 50.5 Å². The summed E-state index contributed by atoms with van der Waals surface area (Å²) in [5, 5.41) is 3.06. The number of carbonyl (C=O) groups is 2. The van der Waals surface area contributed by atoms with Crippen LogP contribution in [0.5, 0.6) is 0 Å². The first-order valence-corrected chi connectivity index (χ1v) is 9.66. The minimum atomic E-state index is -0.216. The summed E-state index contributed by atoms with van der Waals surface area (Å²) < 4.78 is 0. The molecule has 136 valence electrons. The van der Waals surface area contributed by atoms with Crippen molar-refractivity contribution in [3.63, 3.8) is 0 Å². The zero-order chi connectivity index (χ0) is 17.0. The number of rotatable bonds is 5. The standard InChI is InChI=1S/C18H32N4O2/c19-16(23)15-6-4-11-21(15)12-5-10-20-17(24)22-13-9-18(14-22)7-2-1-3-8-18/h15H,1-14H2,(H2,19,23)(H,20,24)/t15-/m1/s1. The first-order valence-electron chi connectivity index (χ1n) is 9.66. The van der Waals surface area contributed by atoms with E-state index in [0.29, 0.717) is 12.0 Å². The number of nitrogens with one attached hydrogen (secondary N) is 1. The lowest BCUT2D eigenvalue weighted by Crippen LogP contribution is -2.43. The van der Waals surface area contributed by atoms with Gasteiger partial charge in [-0.3, -0.25) is 9.69 Å². The predicted molar refractivity (Wildman–Crippen MR) is 93.5 cm³/mol. The maximum Gasteiger partial charge on any atom is 0.317 e. The molecule has 6 heteroatoms. The minimum absolute atomic E-state index is 0.0883. The van der Waals surface area contributed by atoms with E-state index in [2.05, 4.69) is 10.2 Å². The molecule has 3 N–H and O–H groups in total. The lowest BCUT2D eigenvalue weighted by molar-refractivity contribution is -0.122. The van der Waals surface area contributed by atoms with Gasteiger partial charge in [0.15, 0.2) is 0 Å². The lowest BCUT2D eigenvalue weighted by atomic mass is 9.73. The molecular formula is C18H32N4O2. The van der Waals surface area contributed by atoms with Crippen molar-refractivity contribution in [2.45, 2.75) is 63.8 Å². The number of primary amides is 1. The van der Waals surface area contributed by atoms with Crippen LogP contribution in [0.2, 0.25) is 0 Å². The summed E-state index contributed by atoms with van der Waals surface area (Å²) in [6.07, 6.45) is 10.5. The zero-order valence-corrected chi connectivity index (χ0v) is 14.8. The molecule has 3 amide bonds. The van der Waals surface area contributed by atoms with Crippen LogP contribution in [0, 0.1) is 5.41 Å². The Kier molecular flexibility index (Phi) is 5.64. The van der Waals surface area contributed by atoms with Crippen molar-refractivity contribution in [3.8, 4) is 0 Å². The number of hydrogen-bond donors (Lipinski definition) is 2.